The number of rotatable bonds is 4. The van der Waals surface area contributed by atoms with E-state index in [4.69, 9.17) is 5.26 Å². The van der Waals surface area contributed by atoms with E-state index >= 15 is 0 Å². The highest BCUT2D eigenvalue weighted by Crippen LogP contribution is 2.10. The Labute approximate surface area is 124 Å². The van der Waals surface area contributed by atoms with E-state index in [9.17, 15) is 18.0 Å². The van der Waals surface area contributed by atoms with E-state index in [1.165, 1.54) is 6.07 Å². The number of nitrogens with zero attached hydrogens (tertiary/aromatic N) is 2. The van der Waals surface area contributed by atoms with Crippen molar-refractivity contribution in [2.24, 2.45) is 0 Å². The van der Waals surface area contributed by atoms with Crippen molar-refractivity contribution in [2.75, 3.05) is 6.54 Å². The quantitative estimate of drug-likeness (QED) is 0.882. The molecule has 1 heterocycles. The van der Waals surface area contributed by atoms with Crippen LogP contribution in [0.2, 0.25) is 0 Å². The van der Waals surface area contributed by atoms with Crippen LogP contribution in [0, 0.1) is 28.9 Å². The minimum atomic E-state index is -0.982. The Bertz CT molecular complexity index is 756. The van der Waals surface area contributed by atoms with Gasteiger partial charge in [-0.25, -0.2) is 13.8 Å². The predicted octanol–water partition coefficient (Wildman–Crippen LogP) is 2.34. The molecule has 112 valence electrons. The van der Waals surface area contributed by atoms with Crippen LogP contribution in [0.15, 0.2) is 30.5 Å². The summed E-state index contributed by atoms with van der Waals surface area (Å²) >= 11 is 0. The summed E-state index contributed by atoms with van der Waals surface area (Å²) in [7, 11) is 0. The number of amides is 1. The molecule has 0 fully saturated rings. The van der Waals surface area contributed by atoms with Crippen molar-refractivity contribution in [3.8, 4) is 6.07 Å². The molecule has 0 saturated carbocycles. The minimum Gasteiger partial charge on any atom is -0.352 e. The van der Waals surface area contributed by atoms with Crippen LogP contribution in [0.1, 0.15) is 21.5 Å². The molecular weight excluding hydrogens is 295 g/mol. The van der Waals surface area contributed by atoms with Crippen molar-refractivity contribution < 1.29 is 18.0 Å². The fourth-order valence-electron chi connectivity index (χ4n) is 1.78. The van der Waals surface area contributed by atoms with E-state index in [-0.39, 0.29) is 24.1 Å². The predicted molar refractivity (Wildman–Crippen MR) is 71.3 cm³/mol. The van der Waals surface area contributed by atoms with Crippen LogP contribution in [0.4, 0.5) is 13.2 Å². The number of carbonyl (C=O) groups excluding carboxylic acids is 1. The van der Waals surface area contributed by atoms with Gasteiger partial charge in [-0.1, -0.05) is 6.07 Å². The number of nitriles is 1. The van der Waals surface area contributed by atoms with Crippen LogP contribution in [-0.2, 0) is 6.42 Å². The van der Waals surface area contributed by atoms with Gasteiger partial charge in [0.25, 0.3) is 5.91 Å². The third-order valence-corrected chi connectivity index (χ3v) is 2.90. The van der Waals surface area contributed by atoms with Crippen LogP contribution in [0.3, 0.4) is 0 Å². The molecule has 1 N–H and O–H groups in total. The molecule has 0 radical (unpaired) electrons. The number of pyridine rings is 1. The highest BCUT2D eigenvalue weighted by atomic mass is 19.2. The van der Waals surface area contributed by atoms with E-state index in [1.807, 2.05) is 0 Å². The highest BCUT2D eigenvalue weighted by molar-refractivity contribution is 5.94. The van der Waals surface area contributed by atoms with Gasteiger partial charge in [0, 0.05) is 12.7 Å². The molecule has 22 heavy (non-hydrogen) atoms. The van der Waals surface area contributed by atoms with E-state index in [0.717, 1.165) is 24.4 Å². The van der Waals surface area contributed by atoms with E-state index in [1.54, 1.807) is 6.07 Å². The Kier molecular flexibility index (Phi) is 4.73. The molecule has 0 spiro atoms. The maximum atomic E-state index is 13.4. The first-order valence-electron chi connectivity index (χ1n) is 6.29. The number of carbonyl (C=O) groups is 1. The minimum absolute atomic E-state index is 0.0622. The normalized spacial score (nSPS) is 10.1. The number of benzene rings is 1. The van der Waals surface area contributed by atoms with Crippen LogP contribution in [0.5, 0.6) is 0 Å². The molecule has 0 bridgehead atoms. The number of aromatic nitrogens is 1. The van der Waals surface area contributed by atoms with Crippen molar-refractivity contribution in [1.82, 2.24) is 10.3 Å². The third-order valence-electron chi connectivity index (χ3n) is 2.90. The summed E-state index contributed by atoms with van der Waals surface area (Å²) in [5, 5.41) is 11.1. The Morgan fingerprint density at radius 3 is 2.68 bits per heavy atom. The van der Waals surface area contributed by atoms with E-state index in [0.29, 0.717) is 5.56 Å². The summed E-state index contributed by atoms with van der Waals surface area (Å²) in [6.45, 7) is 0.0973. The summed E-state index contributed by atoms with van der Waals surface area (Å²) in [6, 6.07) is 6.26. The van der Waals surface area contributed by atoms with Crippen molar-refractivity contribution in [3.63, 3.8) is 0 Å². The van der Waals surface area contributed by atoms with Gasteiger partial charge in [0.1, 0.15) is 6.07 Å². The topological polar surface area (TPSA) is 65.8 Å². The van der Waals surface area contributed by atoms with Gasteiger partial charge in [-0.2, -0.15) is 9.65 Å². The molecule has 0 aliphatic rings. The van der Waals surface area contributed by atoms with Gasteiger partial charge in [0.05, 0.1) is 11.1 Å². The second-order valence-corrected chi connectivity index (χ2v) is 4.43. The van der Waals surface area contributed by atoms with E-state index in [2.05, 4.69) is 10.3 Å². The number of halogens is 3. The van der Waals surface area contributed by atoms with Gasteiger partial charge in [0.15, 0.2) is 11.6 Å². The van der Waals surface area contributed by atoms with E-state index < -0.39 is 23.5 Å². The lowest BCUT2D eigenvalue weighted by Crippen LogP contribution is -2.27. The maximum absolute atomic E-state index is 13.4. The first kappa shape index (κ1) is 15.5. The van der Waals surface area contributed by atoms with Crippen LogP contribution >= 0.6 is 0 Å². The van der Waals surface area contributed by atoms with Crippen LogP contribution < -0.4 is 5.32 Å². The van der Waals surface area contributed by atoms with Crippen molar-refractivity contribution in [1.29, 1.82) is 5.26 Å². The smallest absolute Gasteiger partial charge is 0.255 e. The fraction of sp³-hybridized carbons (Fsp3) is 0.133. The molecular formula is C15H10F3N3O. The lowest BCUT2D eigenvalue weighted by atomic mass is 10.1. The Hall–Kier alpha value is -2.88. The lowest BCUT2D eigenvalue weighted by molar-refractivity contribution is 0.0949. The first-order valence-corrected chi connectivity index (χ1v) is 6.29. The van der Waals surface area contributed by atoms with Crippen molar-refractivity contribution in [2.45, 2.75) is 6.42 Å². The van der Waals surface area contributed by atoms with Crippen LogP contribution in [-0.4, -0.2) is 17.4 Å². The lowest BCUT2D eigenvalue weighted by Gasteiger charge is -2.06. The summed E-state index contributed by atoms with van der Waals surface area (Å²) in [6.07, 6.45) is 1.27. The Morgan fingerprint density at radius 2 is 2.00 bits per heavy atom. The van der Waals surface area contributed by atoms with Crippen molar-refractivity contribution in [3.05, 3.63) is 64.7 Å². The molecule has 7 heteroatoms. The molecule has 2 aromatic rings. The average Bonchev–Trinajstić information content (AvgIpc) is 2.51. The fourth-order valence-corrected chi connectivity index (χ4v) is 1.78. The molecule has 0 unspecified atom stereocenters. The second kappa shape index (κ2) is 6.72. The maximum Gasteiger partial charge on any atom is 0.255 e. The summed E-state index contributed by atoms with van der Waals surface area (Å²) < 4.78 is 39.2. The number of hydrogen-bond acceptors (Lipinski definition) is 3. The molecule has 0 aliphatic heterocycles. The SMILES string of the molecule is N#Cc1cnc(F)c(C(=O)NCCc2ccc(F)c(F)c2)c1. The van der Waals surface area contributed by atoms with Gasteiger partial charge in [-0.3, -0.25) is 4.79 Å². The molecule has 2 rings (SSSR count). The molecule has 0 aliphatic carbocycles. The Morgan fingerprint density at radius 1 is 1.23 bits per heavy atom. The molecule has 1 amide bonds. The zero-order valence-corrected chi connectivity index (χ0v) is 11.2. The summed E-state index contributed by atoms with van der Waals surface area (Å²) in [5.74, 6) is -3.64. The average molecular weight is 305 g/mol. The summed E-state index contributed by atoms with van der Waals surface area (Å²) in [5.41, 5.74) is 0.208. The monoisotopic (exact) mass is 305 g/mol. The van der Waals surface area contributed by atoms with Gasteiger partial charge < -0.3 is 5.32 Å². The first-order chi connectivity index (χ1) is 10.5. The van der Waals surface area contributed by atoms with Gasteiger partial charge in [-0.05, 0) is 30.2 Å². The van der Waals surface area contributed by atoms with Crippen LogP contribution in [0.25, 0.3) is 0 Å². The largest absolute Gasteiger partial charge is 0.352 e. The van der Waals surface area contributed by atoms with Crippen molar-refractivity contribution >= 4 is 5.91 Å². The zero-order chi connectivity index (χ0) is 16.1. The second-order valence-electron chi connectivity index (χ2n) is 4.43. The molecule has 0 saturated heterocycles. The molecule has 1 aromatic carbocycles. The number of hydrogen-bond donors (Lipinski definition) is 1. The highest BCUT2D eigenvalue weighted by Gasteiger charge is 2.13. The molecule has 1 aromatic heterocycles. The standard InChI is InChI=1S/C15H10F3N3O/c16-12-2-1-9(6-13(12)17)3-4-20-15(22)11-5-10(7-19)8-21-14(11)18/h1-2,5-6,8H,3-4H2,(H,20,22). The van der Waals surface area contributed by atoms with Gasteiger partial charge in [0.2, 0.25) is 5.95 Å². The Balaban J connectivity index is 1.98. The van der Waals surface area contributed by atoms with Gasteiger partial charge in [-0.15, -0.1) is 0 Å². The zero-order valence-electron chi connectivity index (χ0n) is 11.2. The molecule has 0 atom stereocenters. The third kappa shape index (κ3) is 3.61. The number of nitrogens with one attached hydrogen (secondary N) is 1. The molecule has 4 nitrogen and oxygen atoms in total. The van der Waals surface area contributed by atoms with Gasteiger partial charge >= 0.3 is 0 Å². The summed E-state index contributed by atoms with van der Waals surface area (Å²) in [4.78, 5) is 15.1.